The van der Waals surface area contributed by atoms with E-state index in [1.807, 2.05) is 23.1 Å². The second kappa shape index (κ2) is 6.17. The van der Waals surface area contributed by atoms with Gasteiger partial charge in [-0.1, -0.05) is 31.9 Å². The molecule has 0 bridgehead atoms. The summed E-state index contributed by atoms with van der Waals surface area (Å²) >= 11 is 6.82. The van der Waals surface area contributed by atoms with Crippen molar-refractivity contribution in [1.82, 2.24) is 4.90 Å². The van der Waals surface area contributed by atoms with Gasteiger partial charge in [0.05, 0.1) is 6.61 Å². The quantitative estimate of drug-likeness (QED) is 0.787. The highest BCUT2D eigenvalue weighted by molar-refractivity contribution is 9.11. The molecule has 1 saturated carbocycles. The Morgan fingerprint density at radius 1 is 1.33 bits per heavy atom. The minimum Gasteiger partial charge on any atom is -0.383 e. The van der Waals surface area contributed by atoms with Gasteiger partial charge in [0.2, 0.25) is 0 Å². The molecular formula is C13H15Br2NO2. The molecule has 0 saturated heterocycles. The Morgan fingerprint density at radius 2 is 1.94 bits per heavy atom. The third-order valence-corrected chi connectivity index (χ3v) is 3.81. The van der Waals surface area contributed by atoms with E-state index in [-0.39, 0.29) is 5.91 Å². The summed E-state index contributed by atoms with van der Waals surface area (Å²) in [4.78, 5) is 14.4. The Morgan fingerprint density at radius 3 is 2.44 bits per heavy atom. The SMILES string of the molecule is COCCN(C(=O)c1cc(Br)cc(Br)c1)C1CC1. The van der Waals surface area contributed by atoms with Crippen LogP contribution >= 0.6 is 31.9 Å². The maximum absolute atomic E-state index is 12.5. The van der Waals surface area contributed by atoms with Crippen molar-refractivity contribution in [2.45, 2.75) is 18.9 Å². The zero-order valence-corrected chi connectivity index (χ0v) is 13.3. The van der Waals surface area contributed by atoms with Gasteiger partial charge in [0.15, 0.2) is 0 Å². The molecule has 0 radical (unpaired) electrons. The second-order valence-corrected chi connectivity index (χ2v) is 6.21. The number of methoxy groups -OCH3 is 1. The van der Waals surface area contributed by atoms with Crippen molar-refractivity contribution < 1.29 is 9.53 Å². The number of carbonyl (C=O) groups is 1. The van der Waals surface area contributed by atoms with E-state index < -0.39 is 0 Å². The van der Waals surface area contributed by atoms with E-state index in [1.165, 1.54) is 0 Å². The fourth-order valence-electron chi connectivity index (χ4n) is 1.87. The van der Waals surface area contributed by atoms with Crippen LogP contribution < -0.4 is 0 Å². The highest BCUT2D eigenvalue weighted by Gasteiger charge is 2.32. The first kappa shape index (κ1) is 14.0. The third kappa shape index (κ3) is 3.56. The first-order valence-corrected chi connectivity index (χ1v) is 7.46. The standard InChI is InChI=1S/C13H15Br2NO2/c1-18-5-4-16(12-2-3-12)13(17)9-6-10(14)8-11(15)7-9/h6-8,12H,2-5H2,1H3. The fourth-order valence-corrected chi connectivity index (χ4v) is 3.16. The van der Waals surface area contributed by atoms with Crippen molar-refractivity contribution in [1.29, 1.82) is 0 Å². The van der Waals surface area contributed by atoms with E-state index in [0.29, 0.717) is 24.8 Å². The molecule has 1 fully saturated rings. The van der Waals surface area contributed by atoms with Gasteiger partial charge in [-0.2, -0.15) is 0 Å². The second-order valence-electron chi connectivity index (χ2n) is 4.38. The van der Waals surface area contributed by atoms with Crippen LogP contribution in [-0.2, 0) is 4.74 Å². The number of ether oxygens (including phenoxy) is 1. The van der Waals surface area contributed by atoms with Crippen LogP contribution in [-0.4, -0.2) is 37.1 Å². The van der Waals surface area contributed by atoms with Gasteiger partial charge in [0.1, 0.15) is 0 Å². The summed E-state index contributed by atoms with van der Waals surface area (Å²) in [5.41, 5.74) is 0.708. The molecule has 0 heterocycles. The van der Waals surface area contributed by atoms with Crippen molar-refractivity contribution >= 4 is 37.8 Å². The molecular weight excluding hydrogens is 362 g/mol. The largest absolute Gasteiger partial charge is 0.383 e. The van der Waals surface area contributed by atoms with Gasteiger partial charge >= 0.3 is 0 Å². The lowest BCUT2D eigenvalue weighted by atomic mass is 10.2. The summed E-state index contributed by atoms with van der Waals surface area (Å²) in [5.74, 6) is 0.0801. The van der Waals surface area contributed by atoms with Crippen LogP contribution in [0, 0.1) is 0 Å². The van der Waals surface area contributed by atoms with Gasteiger partial charge in [0.25, 0.3) is 5.91 Å². The number of amides is 1. The zero-order chi connectivity index (χ0) is 13.1. The van der Waals surface area contributed by atoms with Crippen LogP contribution in [0.1, 0.15) is 23.2 Å². The molecule has 5 heteroatoms. The van der Waals surface area contributed by atoms with Gasteiger partial charge in [-0.15, -0.1) is 0 Å². The highest BCUT2D eigenvalue weighted by atomic mass is 79.9. The minimum absolute atomic E-state index is 0.0801. The van der Waals surface area contributed by atoms with E-state index in [4.69, 9.17) is 4.74 Å². The van der Waals surface area contributed by atoms with Crippen LogP contribution in [0.5, 0.6) is 0 Å². The molecule has 0 spiro atoms. The zero-order valence-electron chi connectivity index (χ0n) is 10.2. The summed E-state index contributed by atoms with van der Waals surface area (Å²) < 4.78 is 6.88. The van der Waals surface area contributed by atoms with Gasteiger partial charge in [-0.3, -0.25) is 4.79 Å². The van der Waals surface area contributed by atoms with Gasteiger partial charge in [-0.25, -0.2) is 0 Å². The molecule has 0 aliphatic heterocycles. The monoisotopic (exact) mass is 375 g/mol. The average Bonchev–Trinajstić information content (AvgIpc) is 3.12. The molecule has 1 aliphatic carbocycles. The normalized spacial score (nSPS) is 14.6. The van der Waals surface area contributed by atoms with Gasteiger partial charge in [0, 0.05) is 34.2 Å². The fraction of sp³-hybridized carbons (Fsp3) is 0.462. The molecule has 0 N–H and O–H groups in total. The van der Waals surface area contributed by atoms with Crippen LogP contribution in [0.4, 0.5) is 0 Å². The molecule has 2 rings (SSSR count). The van der Waals surface area contributed by atoms with E-state index in [9.17, 15) is 4.79 Å². The summed E-state index contributed by atoms with van der Waals surface area (Å²) in [6.07, 6.45) is 2.20. The molecule has 0 unspecified atom stereocenters. The predicted octanol–water partition coefficient (Wildman–Crippen LogP) is 3.46. The average molecular weight is 377 g/mol. The van der Waals surface area contributed by atoms with Crippen LogP contribution in [0.2, 0.25) is 0 Å². The van der Waals surface area contributed by atoms with Crippen molar-refractivity contribution in [2.75, 3.05) is 20.3 Å². The van der Waals surface area contributed by atoms with E-state index in [0.717, 1.165) is 21.8 Å². The number of rotatable bonds is 5. The van der Waals surface area contributed by atoms with Crippen LogP contribution in [0.3, 0.4) is 0 Å². The Bertz CT molecular complexity index is 426. The number of hydrogen-bond acceptors (Lipinski definition) is 2. The number of carbonyl (C=O) groups excluding carboxylic acids is 1. The Labute approximate surface area is 124 Å². The first-order valence-electron chi connectivity index (χ1n) is 5.88. The lowest BCUT2D eigenvalue weighted by Crippen LogP contribution is -2.35. The molecule has 1 aliphatic rings. The summed E-state index contributed by atoms with van der Waals surface area (Å²) in [6, 6.07) is 6.03. The molecule has 1 aromatic carbocycles. The minimum atomic E-state index is 0.0801. The summed E-state index contributed by atoms with van der Waals surface area (Å²) in [7, 11) is 1.66. The molecule has 1 amide bonds. The van der Waals surface area contributed by atoms with Crippen molar-refractivity contribution in [2.24, 2.45) is 0 Å². The molecule has 1 aromatic rings. The molecule has 3 nitrogen and oxygen atoms in total. The molecule has 0 aromatic heterocycles. The summed E-state index contributed by atoms with van der Waals surface area (Å²) in [6.45, 7) is 1.24. The van der Waals surface area contributed by atoms with E-state index >= 15 is 0 Å². The predicted molar refractivity (Wildman–Crippen MR) is 77.8 cm³/mol. The molecule has 18 heavy (non-hydrogen) atoms. The van der Waals surface area contributed by atoms with Crippen LogP contribution in [0.15, 0.2) is 27.1 Å². The lowest BCUT2D eigenvalue weighted by molar-refractivity contribution is 0.0680. The van der Waals surface area contributed by atoms with E-state index in [1.54, 1.807) is 7.11 Å². The number of hydrogen-bond donors (Lipinski definition) is 0. The topological polar surface area (TPSA) is 29.5 Å². The Balaban J connectivity index is 2.16. The number of nitrogens with zero attached hydrogens (tertiary/aromatic N) is 1. The van der Waals surface area contributed by atoms with Gasteiger partial charge in [-0.05, 0) is 31.0 Å². The van der Waals surface area contributed by atoms with Crippen molar-refractivity contribution in [3.8, 4) is 0 Å². The highest BCUT2D eigenvalue weighted by Crippen LogP contribution is 2.29. The molecule has 0 atom stereocenters. The molecule has 98 valence electrons. The number of halogens is 2. The Hall–Kier alpha value is -0.390. The van der Waals surface area contributed by atoms with Crippen molar-refractivity contribution in [3.63, 3.8) is 0 Å². The smallest absolute Gasteiger partial charge is 0.254 e. The van der Waals surface area contributed by atoms with Crippen molar-refractivity contribution in [3.05, 3.63) is 32.7 Å². The van der Waals surface area contributed by atoms with Crippen LogP contribution in [0.25, 0.3) is 0 Å². The lowest BCUT2D eigenvalue weighted by Gasteiger charge is -2.22. The maximum Gasteiger partial charge on any atom is 0.254 e. The third-order valence-electron chi connectivity index (χ3n) is 2.89. The first-order chi connectivity index (χ1) is 8.61. The van der Waals surface area contributed by atoms with Gasteiger partial charge < -0.3 is 9.64 Å². The van der Waals surface area contributed by atoms with E-state index in [2.05, 4.69) is 31.9 Å². The number of benzene rings is 1. The Kier molecular flexibility index (Phi) is 4.81. The maximum atomic E-state index is 12.5. The summed E-state index contributed by atoms with van der Waals surface area (Å²) in [5, 5.41) is 0.